The number of hydrogen-bond acceptors (Lipinski definition) is 3. The molecule has 0 unspecified atom stereocenters. The van der Waals surface area contributed by atoms with Crippen LogP contribution in [-0.4, -0.2) is 22.9 Å². The Balaban J connectivity index is 1.55. The van der Waals surface area contributed by atoms with E-state index in [2.05, 4.69) is 63.5 Å². The molecule has 2 aromatic rings. The molecule has 3 rings (SSSR count). The number of hydrazone groups is 1. The fourth-order valence-electron chi connectivity index (χ4n) is 2.22. The van der Waals surface area contributed by atoms with Crippen molar-refractivity contribution in [2.75, 3.05) is 6.67 Å². The van der Waals surface area contributed by atoms with Gasteiger partial charge in [-0.1, -0.05) is 60.7 Å². The highest BCUT2D eigenvalue weighted by Gasteiger charge is 2.13. The maximum atomic E-state index is 4.44. The van der Waals surface area contributed by atoms with Crippen LogP contribution in [0.25, 0.3) is 0 Å². The highest BCUT2D eigenvalue weighted by molar-refractivity contribution is 5.56. The van der Waals surface area contributed by atoms with Crippen LogP contribution in [0.4, 0.5) is 0 Å². The van der Waals surface area contributed by atoms with Crippen LogP contribution in [0.15, 0.2) is 65.8 Å². The third kappa shape index (κ3) is 3.13. The summed E-state index contributed by atoms with van der Waals surface area (Å²) in [6.07, 6.45) is 1.93. The summed E-state index contributed by atoms with van der Waals surface area (Å²) < 4.78 is 0. The zero-order chi connectivity index (χ0) is 12.9. The van der Waals surface area contributed by atoms with Crippen molar-refractivity contribution >= 4 is 6.34 Å². The van der Waals surface area contributed by atoms with Crippen molar-refractivity contribution in [2.45, 2.75) is 13.1 Å². The lowest BCUT2D eigenvalue weighted by Gasteiger charge is -2.19. The summed E-state index contributed by atoms with van der Waals surface area (Å²) in [7, 11) is 0. The van der Waals surface area contributed by atoms with Crippen molar-refractivity contribution in [3.05, 3.63) is 71.8 Å². The van der Waals surface area contributed by atoms with Gasteiger partial charge >= 0.3 is 0 Å². The van der Waals surface area contributed by atoms with Crippen LogP contribution in [0.3, 0.4) is 0 Å². The molecule has 0 radical (unpaired) electrons. The summed E-state index contributed by atoms with van der Waals surface area (Å²) >= 11 is 0. The van der Waals surface area contributed by atoms with E-state index >= 15 is 0 Å². The van der Waals surface area contributed by atoms with Crippen LogP contribution in [0.2, 0.25) is 0 Å². The van der Waals surface area contributed by atoms with E-state index < -0.39 is 0 Å². The van der Waals surface area contributed by atoms with Crippen molar-refractivity contribution in [1.29, 1.82) is 0 Å². The zero-order valence-electron chi connectivity index (χ0n) is 10.8. The van der Waals surface area contributed by atoms with Crippen LogP contribution in [-0.2, 0) is 13.1 Å². The van der Waals surface area contributed by atoms with Crippen molar-refractivity contribution in [1.82, 2.24) is 9.91 Å². The highest BCUT2D eigenvalue weighted by Crippen LogP contribution is 2.12. The minimum absolute atomic E-state index is 0.851. The van der Waals surface area contributed by atoms with Gasteiger partial charge in [0.25, 0.3) is 0 Å². The van der Waals surface area contributed by atoms with Crippen LogP contribution < -0.4 is 0 Å². The quantitative estimate of drug-likeness (QED) is 0.832. The molecule has 96 valence electrons. The first kappa shape index (κ1) is 11.8. The summed E-state index contributed by atoms with van der Waals surface area (Å²) in [5.74, 6) is 0. The van der Waals surface area contributed by atoms with Gasteiger partial charge in [0.1, 0.15) is 13.0 Å². The first-order chi connectivity index (χ1) is 9.40. The Labute approximate surface area is 113 Å². The number of rotatable bonds is 4. The van der Waals surface area contributed by atoms with E-state index in [0.717, 1.165) is 19.8 Å². The minimum atomic E-state index is 0.851. The molecule has 19 heavy (non-hydrogen) atoms. The second kappa shape index (κ2) is 5.57. The van der Waals surface area contributed by atoms with E-state index in [-0.39, 0.29) is 0 Å². The summed E-state index contributed by atoms with van der Waals surface area (Å²) in [5, 5.41) is 6.52. The lowest BCUT2D eigenvalue weighted by Crippen LogP contribution is -2.26. The van der Waals surface area contributed by atoms with Gasteiger partial charge in [0.05, 0.1) is 6.54 Å². The van der Waals surface area contributed by atoms with E-state index in [9.17, 15) is 0 Å². The molecular formula is C16H17N3. The van der Waals surface area contributed by atoms with Gasteiger partial charge in [-0.2, -0.15) is 5.10 Å². The number of benzene rings is 2. The van der Waals surface area contributed by atoms with Gasteiger partial charge < -0.3 is 4.90 Å². The maximum absolute atomic E-state index is 4.44. The molecule has 0 saturated carbocycles. The summed E-state index contributed by atoms with van der Waals surface area (Å²) in [4.78, 5) is 2.22. The maximum Gasteiger partial charge on any atom is 0.113 e. The Kier molecular flexibility index (Phi) is 3.45. The predicted molar refractivity (Wildman–Crippen MR) is 77.3 cm³/mol. The van der Waals surface area contributed by atoms with E-state index in [0.29, 0.717) is 0 Å². The number of hydrogen-bond donors (Lipinski definition) is 0. The average molecular weight is 251 g/mol. The summed E-state index contributed by atoms with van der Waals surface area (Å²) in [6.45, 7) is 2.63. The fourth-order valence-corrected chi connectivity index (χ4v) is 2.22. The van der Waals surface area contributed by atoms with Crippen LogP contribution in [0.5, 0.6) is 0 Å². The zero-order valence-corrected chi connectivity index (χ0v) is 10.8. The summed E-state index contributed by atoms with van der Waals surface area (Å²) in [6, 6.07) is 20.9. The Hall–Kier alpha value is -2.29. The molecule has 3 nitrogen and oxygen atoms in total. The first-order valence-corrected chi connectivity index (χ1v) is 6.51. The molecule has 0 fully saturated rings. The van der Waals surface area contributed by atoms with Gasteiger partial charge in [-0.3, -0.25) is 5.01 Å². The predicted octanol–water partition coefficient (Wildman–Crippen LogP) is 2.91. The normalized spacial score (nSPS) is 14.1. The Morgan fingerprint density at radius 1 is 0.789 bits per heavy atom. The molecule has 0 saturated heterocycles. The van der Waals surface area contributed by atoms with E-state index in [1.54, 1.807) is 0 Å². The molecule has 2 aromatic carbocycles. The molecule has 3 heteroatoms. The average Bonchev–Trinajstić information content (AvgIpc) is 2.88. The minimum Gasteiger partial charge on any atom is -0.338 e. The number of nitrogens with zero attached hydrogens (tertiary/aromatic N) is 3. The van der Waals surface area contributed by atoms with Crippen molar-refractivity contribution in [2.24, 2.45) is 5.10 Å². The topological polar surface area (TPSA) is 18.8 Å². The molecule has 0 atom stereocenters. The molecule has 0 aromatic heterocycles. The lowest BCUT2D eigenvalue weighted by molar-refractivity contribution is 0.224. The smallest absolute Gasteiger partial charge is 0.113 e. The molecule has 0 bridgehead atoms. The van der Waals surface area contributed by atoms with E-state index in [4.69, 9.17) is 0 Å². The second-order valence-electron chi connectivity index (χ2n) is 4.75. The standard InChI is InChI=1S/C16H17N3/c1-3-7-15(8-4-1)11-18-13-17-19(14-18)12-16-9-5-2-6-10-16/h1-10,13H,11-12,14H2. The van der Waals surface area contributed by atoms with Gasteiger partial charge in [-0.15, -0.1) is 0 Å². The third-order valence-electron chi connectivity index (χ3n) is 3.16. The van der Waals surface area contributed by atoms with Crippen molar-refractivity contribution in [3.63, 3.8) is 0 Å². The Morgan fingerprint density at radius 2 is 1.37 bits per heavy atom. The lowest BCUT2D eigenvalue weighted by atomic mass is 10.2. The van der Waals surface area contributed by atoms with Crippen LogP contribution >= 0.6 is 0 Å². The summed E-state index contributed by atoms with van der Waals surface area (Å²) in [5.41, 5.74) is 2.61. The van der Waals surface area contributed by atoms with Crippen LogP contribution in [0, 0.1) is 0 Å². The molecule has 1 aliphatic rings. The molecule has 0 amide bonds. The molecular weight excluding hydrogens is 234 g/mol. The van der Waals surface area contributed by atoms with E-state index in [1.165, 1.54) is 11.1 Å². The molecule has 0 N–H and O–H groups in total. The third-order valence-corrected chi connectivity index (χ3v) is 3.16. The SMILES string of the molecule is C1=NN(Cc2ccccc2)CN1Cc1ccccc1. The van der Waals surface area contributed by atoms with Gasteiger partial charge in [-0.05, 0) is 11.1 Å². The second-order valence-corrected chi connectivity index (χ2v) is 4.75. The molecule has 1 aliphatic heterocycles. The fraction of sp³-hybridized carbons (Fsp3) is 0.188. The monoisotopic (exact) mass is 251 g/mol. The van der Waals surface area contributed by atoms with Crippen LogP contribution in [0.1, 0.15) is 11.1 Å². The first-order valence-electron chi connectivity index (χ1n) is 6.51. The largest absolute Gasteiger partial charge is 0.338 e. The van der Waals surface area contributed by atoms with Gasteiger partial charge in [0.15, 0.2) is 0 Å². The Morgan fingerprint density at radius 3 is 2.00 bits per heavy atom. The highest BCUT2D eigenvalue weighted by atomic mass is 15.6. The molecule has 0 aliphatic carbocycles. The molecule has 0 spiro atoms. The van der Waals surface area contributed by atoms with Crippen molar-refractivity contribution < 1.29 is 0 Å². The van der Waals surface area contributed by atoms with Gasteiger partial charge in [-0.25, -0.2) is 0 Å². The van der Waals surface area contributed by atoms with Gasteiger partial charge in [0, 0.05) is 6.54 Å². The molecule has 1 heterocycles. The van der Waals surface area contributed by atoms with Gasteiger partial charge in [0.2, 0.25) is 0 Å². The van der Waals surface area contributed by atoms with E-state index in [1.807, 2.05) is 18.5 Å². The van der Waals surface area contributed by atoms with Crippen molar-refractivity contribution in [3.8, 4) is 0 Å². The Bertz CT molecular complexity index is 487.